The molecule has 4 aliphatic heterocycles. The summed E-state index contributed by atoms with van der Waals surface area (Å²) in [7, 11) is 2.40. The molecule has 2 heteroatoms. The molecule has 1 aromatic carbocycles. The van der Waals surface area contributed by atoms with E-state index in [4.69, 9.17) is 0 Å². The van der Waals surface area contributed by atoms with E-state index in [1.54, 1.807) is 22.4 Å². The van der Waals surface area contributed by atoms with Crippen molar-refractivity contribution in [1.29, 1.82) is 0 Å². The smallest absolute Gasteiger partial charge is 0.199 e. The molecule has 92 valence electrons. The number of hydrogen-bond donors (Lipinski definition) is 0. The number of fused-ring (bicyclic) bond motifs is 3. The molecule has 1 aromatic rings. The van der Waals surface area contributed by atoms with Gasteiger partial charge in [0.25, 0.3) is 0 Å². The Bertz CT molecular complexity index is 603. The number of quaternary nitrogens is 2. The highest BCUT2D eigenvalue weighted by atomic mass is 15.7. The Morgan fingerprint density at radius 2 is 1.94 bits per heavy atom. The van der Waals surface area contributed by atoms with E-state index in [0.717, 1.165) is 6.17 Å². The monoisotopic (exact) mass is 240 g/mol. The number of hydrogen-bond acceptors (Lipinski definition) is 0. The van der Waals surface area contributed by atoms with Crippen molar-refractivity contribution in [3.05, 3.63) is 41.2 Å². The molecule has 1 fully saturated rings. The molecular formula is C16H20N2+2. The maximum atomic E-state index is 2.50. The van der Waals surface area contributed by atoms with Gasteiger partial charge >= 0.3 is 0 Å². The van der Waals surface area contributed by atoms with Gasteiger partial charge in [0.2, 0.25) is 12.8 Å². The maximum Gasteiger partial charge on any atom is 0.239 e. The number of aryl methyl sites for hydroxylation is 2. The van der Waals surface area contributed by atoms with Crippen LogP contribution in [0.2, 0.25) is 0 Å². The zero-order valence-electron chi connectivity index (χ0n) is 11.0. The number of nitrogens with zero attached hydrogens (tertiary/aromatic N) is 2. The number of rotatable bonds is 0. The molecule has 5 aliphatic rings. The van der Waals surface area contributed by atoms with Gasteiger partial charge in [0, 0.05) is 11.1 Å². The van der Waals surface area contributed by atoms with Gasteiger partial charge in [0.05, 0.1) is 13.5 Å². The second-order valence-corrected chi connectivity index (χ2v) is 6.80. The first-order chi connectivity index (χ1) is 8.73. The Kier molecular flexibility index (Phi) is 1.48. The average Bonchev–Trinajstić information content (AvgIpc) is 3.00. The predicted octanol–water partition coefficient (Wildman–Crippen LogP) is 2.66. The standard InChI is InChI=1S/C16H20N2/c1-17-9-10-18(11-17)15(17)8-7-13-6-5-12-3-2-4-14(12)16(13)18/h5-6,9-10,15H,2-4,7-8,11H2,1H3/q+2. The zero-order valence-corrected chi connectivity index (χ0v) is 11.0. The van der Waals surface area contributed by atoms with Gasteiger partial charge in [-0.1, -0.05) is 12.1 Å². The number of benzene rings is 1. The average molecular weight is 240 g/mol. The van der Waals surface area contributed by atoms with Crippen molar-refractivity contribution < 1.29 is 4.48 Å². The molecule has 0 aromatic heterocycles. The molecule has 0 saturated carbocycles. The van der Waals surface area contributed by atoms with Crippen molar-refractivity contribution >= 4 is 5.69 Å². The van der Waals surface area contributed by atoms with Gasteiger partial charge < -0.3 is 0 Å². The van der Waals surface area contributed by atoms with Gasteiger partial charge in [-0.05, 0) is 31.2 Å². The zero-order chi connectivity index (χ0) is 12.0. The highest BCUT2D eigenvalue weighted by Gasteiger charge is 2.70. The second kappa shape index (κ2) is 2.73. The lowest BCUT2D eigenvalue weighted by Crippen LogP contribution is -2.78. The van der Waals surface area contributed by atoms with Crippen LogP contribution in [0.3, 0.4) is 0 Å². The summed E-state index contributed by atoms with van der Waals surface area (Å²) in [5, 5.41) is 0. The van der Waals surface area contributed by atoms with E-state index in [2.05, 4.69) is 31.6 Å². The molecule has 3 unspecified atom stereocenters. The fraction of sp³-hybridized carbons (Fsp3) is 0.500. The lowest BCUT2D eigenvalue weighted by Gasteiger charge is -2.55. The van der Waals surface area contributed by atoms with Gasteiger partial charge in [-0.3, -0.25) is 0 Å². The van der Waals surface area contributed by atoms with Crippen LogP contribution in [0.4, 0.5) is 5.69 Å². The summed E-state index contributed by atoms with van der Waals surface area (Å²) in [5.74, 6) is 0. The van der Waals surface area contributed by atoms with E-state index in [-0.39, 0.29) is 0 Å². The van der Waals surface area contributed by atoms with Crippen LogP contribution in [0.15, 0.2) is 24.5 Å². The summed E-state index contributed by atoms with van der Waals surface area (Å²) in [6.07, 6.45) is 12.4. The Balaban J connectivity index is 1.80. The van der Waals surface area contributed by atoms with Gasteiger partial charge in [-0.25, -0.2) is 0 Å². The molecule has 4 heterocycles. The molecule has 2 bridgehead atoms. The molecule has 0 radical (unpaired) electrons. The van der Waals surface area contributed by atoms with Crippen molar-refractivity contribution in [2.45, 2.75) is 38.3 Å². The fourth-order valence-corrected chi connectivity index (χ4v) is 5.15. The maximum absolute atomic E-state index is 2.50. The summed E-state index contributed by atoms with van der Waals surface area (Å²) in [5.41, 5.74) is 6.72. The summed E-state index contributed by atoms with van der Waals surface area (Å²) in [4.78, 5) is 0. The van der Waals surface area contributed by atoms with E-state index < -0.39 is 0 Å². The van der Waals surface area contributed by atoms with Crippen LogP contribution in [0, 0.1) is 0 Å². The SMILES string of the molecule is C[N+]12C=C[N+]3(C1)c1c(ccc4c1CCC4)CCC23. The molecule has 18 heavy (non-hydrogen) atoms. The van der Waals surface area contributed by atoms with Crippen molar-refractivity contribution in [3.63, 3.8) is 0 Å². The van der Waals surface area contributed by atoms with Gasteiger partial charge in [-0.2, -0.15) is 8.97 Å². The normalized spacial score (nSPS) is 42.2. The lowest BCUT2D eigenvalue weighted by atomic mass is 9.89. The van der Waals surface area contributed by atoms with Crippen molar-refractivity contribution in [2.75, 3.05) is 13.7 Å². The van der Waals surface area contributed by atoms with Crippen LogP contribution in [0.1, 0.15) is 29.5 Å². The third kappa shape index (κ3) is 0.856. The molecule has 2 nitrogen and oxygen atoms in total. The molecule has 1 spiro atoms. The molecule has 3 atom stereocenters. The third-order valence-corrected chi connectivity index (χ3v) is 5.85. The molecule has 1 saturated heterocycles. The van der Waals surface area contributed by atoms with E-state index in [1.807, 2.05) is 0 Å². The van der Waals surface area contributed by atoms with E-state index in [9.17, 15) is 0 Å². The van der Waals surface area contributed by atoms with Crippen molar-refractivity contribution in [3.8, 4) is 0 Å². The van der Waals surface area contributed by atoms with Crippen LogP contribution in [0.5, 0.6) is 0 Å². The minimum absolute atomic E-state index is 0.796. The first kappa shape index (κ1) is 9.76. The first-order valence-corrected chi connectivity index (χ1v) is 7.30. The van der Waals surface area contributed by atoms with E-state index in [0.29, 0.717) is 0 Å². The van der Waals surface area contributed by atoms with E-state index in [1.165, 1.54) is 47.7 Å². The Hall–Kier alpha value is -1.12. The van der Waals surface area contributed by atoms with E-state index >= 15 is 0 Å². The summed E-state index contributed by atoms with van der Waals surface area (Å²) in [6, 6.07) is 4.84. The Morgan fingerprint density at radius 3 is 2.83 bits per heavy atom. The summed E-state index contributed by atoms with van der Waals surface area (Å²) >= 11 is 0. The minimum atomic E-state index is 0.796. The third-order valence-electron chi connectivity index (χ3n) is 5.85. The largest absolute Gasteiger partial charge is 0.239 e. The van der Waals surface area contributed by atoms with Crippen molar-refractivity contribution in [1.82, 2.24) is 4.48 Å². The van der Waals surface area contributed by atoms with Crippen LogP contribution in [-0.4, -0.2) is 24.4 Å². The highest BCUT2D eigenvalue weighted by molar-refractivity contribution is 5.65. The van der Waals surface area contributed by atoms with Crippen LogP contribution in [0.25, 0.3) is 0 Å². The Labute approximate surface area is 108 Å². The molecule has 0 amide bonds. The van der Waals surface area contributed by atoms with Gasteiger partial charge in [-0.15, -0.1) is 0 Å². The molecule has 6 rings (SSSR count). The fourth-order valence-electron chi connectivity index (χ4n) is 5.15. The lowest BCUT2D eigenvalue weighted by molar-refractivity contribution is -0.945. The topological polar surface area (TPSA) is 0 Å². The molecular weight excluding hydrogens is 220 g/mol. The molecule has 0 N–H and O–H groups in total. The highest BCUT2D eigenvalue weighted by Crippen LogP contribution is 2.55. The van der Waals surface area contributed by atoms with Crippen LogP contribution in [-0.2, 0) is 19.3 Å². The van der Waals surface area contributed by atoms with Crippen LogP contribution < -0.4 is 4.48 Å². The van der Waals surface area contributed by atoms with Crippen LogP contribution >= 0.6 is 0 Å². The Morgan fingerprint density at radius 1 is 1.06 bits per heavy atom. The quantitative estimate of drug-likeness (QED) is 0.612. The van der Waals surface area contributed by atoms with Crippen molar-refractivity contribution in [2.24, 2.45) is 0 Å². The predicted molar refractivity (Wildman–Crippen MR) is 72.6 cm³/mol. The second-order valence-electron chi connectivity index (χ2n) is 6.80. The minimum Gasteiger partial charge on any atom is -0.199 e. The van der Waals surface area contributed by atoms with Gasteiger partial charge in [0.1, 0.15) is 0 Å². The molecule has 1 aliphatic carbocycles. The van der Waals surface area contributed by atoms with Gasteiger partial charge in [0.15, 0.2) is 18.1 Å². The summed E-state index contributed by atoms with van der Waals surface area (Å²) < 4.78 is 2.37. The summed E-state index contributed by atoms with van der Waals surface area (Å²) in [6.45, 7) is 1.27. The first-order valence-electron chi connectivity index (χ1n) is 7.30.